The Labute approximate surface area is 66.9 Å². The van der Waals surface area contributed by atoms with Gasteiger partial charge in [0.05, 0.1) is 5.04 Å². The largest absolute Gasteiger partial charge is 0.286 e. The first-order valence-corrected chi connectivity index (χ1v) is 3.93. The average molecular weight is 155 g/mol. The number of hydrogen-bond acceptors (Lipinski definition) is 2. The number of rotatable bonds is 2. The number of allylic oxidation sites excluding steroid dienone is 3. The van der Waals surface area contributed by atoms with Gasteiger partial charge in [-0.1, -0.05) is 30.5 Å². The zero-order chi connectivity index (χ0) is 7.98. The number of thioether (sulfide) groups is 1. The molecule has 0 aliphatic rings. The molecule has 0 radical (unpaired) electrons. The molecule has 0 saturated carbocycles. The lowest BCUT2D eigenvalue weighted by atomic mass is 10.5. The van der Waals surface area contributed by atoms with Gasteiger partial charge in [0.2, 0.25) is 0 Å². The van der Waals surface area contributed by atoms with E-state index in [1.165, 1.54) is 4.91 Å². The number of aliphatic imine (C=N–C) groups is 1. The van der Waals surface area contributed by atoms with Crippen LogP contribution in [0.2, 0.25) is 0 Å². The van der Waals surface area contributed by atoms with Gasteiger partial charge in [-0.15, -0.1) is 0 Å². The molecule has 0 heterocycles. The van der Waals surface area contributed by atoms with Gasteiger partial charge in [-0.05, 0) is 18.8 Å². The van der Waals surface area contributed by atoms with Crippen molar-refractivity contribution in [2.24, 2.45) is 4.99 Å². The number of hydrogen-bond donors (Lipinski definition) is 0. The highest BCUT2D eigenvalue weighted by Gasteiger charge is 1.90. The van der Waals surface area contributed by atoms with Gasteiger partial charge >= 0.3 is 0 Å². The van der Waals surface area contributed by atoms with Crippen LogP contribution in [-0.2, 0) is 0 Å². The van der Waals surface area contributed by atoms with Gasteiger partial charge in [-0.25, -0.2) is 0 Å². The zero-order valence-electron chi connectivity index (χ0n) is 6.72. The Balaban J connectivity index is 3.90. The molecule has 0 aromatic rings. The highest BCUT2D eigenvalue weighted by molar-refractivity contribution is 8.17. The SMILES string of the molecule is C=C/C=C(\C)S/C(C)=N\C. The first-order valence-electron chi connectivity index (χ1n) is 3.11. The molecule has 0 bridgehead atoms. The van der Waals surface area contributed by atoms with E-state index in [-0.39, 0.29) is 0 Å². The van der Waals surface area contributed by atoms with Crippen LogP contribution in [-0.4, -0.2) is 12.1 Å². The number of nitrogens with zero attached hydrogens (tertiary/aromatic N) is 1. The minimum Gasteiger partial charge on any atom is -0.286 e. The molecule has 0 aromatic carbocycles. The maximum Gasteiger partial charge on any atom is 0.0685 e. The Kier molecular flexibility index (Phi) is 5.03. The van der Waals surface area contributed by atoms with E-state index in [1.807, 2.05) is 19.9 Å². The molecule has 0 aliphatic heterocycles. The standard InChI is InChI=1S/C8H13NS/c1-5-6-7(2)10-8(3)9-4/h5-6H,1H2,2-4H3/b7-6+,9-8-. The van der Waals surface area contributed by atoms with E-state index in [9.17, 15) is 0 Å². The minimum atomic E-state index is 1.08. The molecule has 0 unspecified atom stereocenters. The van der Waals surface area contributed by atoms with E-state index in [0.717, 1.165) is 5.04 Å². The monoisotopic (exact) mass is 155 g/mol. The second-order valence-corrected chi connectivity index (χ2v) is 3.30. The van der Waals surface area contributed by atoms with E-state index in [1.54, 1.807) is 24.9 Å². The maximum absolute atomic E-state index is 4.02. The molecule has 0 fully saturated rings. The topological polar surface area (TPSA) is 12.4 Å². The van der Waals surface area contributed by atoms with Crippen LogP contribution in [0.3, 0.4) is 0 Å². The van der Waals surface area contributed by atoms with Crippen LogP contribution in [0.4, 0.5) is 0 Å². The highest BCUT2D eigenvalue weighted by atomic mass is 32.2. The summed E-state index contributed by atoms with van der Waals surface area (Å²) in [6.07, 6.45) is 3.75. The Morgan fingerprint density at radius 1 is 1.50 bits per heavy atom. The summed E-state index contributed by atoms with van der Waals surface area (Å²) < 4.78 is 0. The molecule has 1 nitrogen and oxygen atoms in total. The highest BCUT2D eigenvalue weighted by Crippen LogP contribution is 2.15. The molecule has 0 rings (SSSR count). The Morgan fingerprint density at radius 3 is 2.50 bits per heavy atom. The normalized spacial score (nSPS) is 13.5. The van der Waals surface area contributed by atoms with Gasteiger partial charge in [0, 0.05) is 7.05 Å². The fourth-order valence-electron chi connectivity index (χ4n) is 0.479. The van der Waals surface area contributed by atoms with E-state index < -0.39 is 0 Å². The van der Waals surface area contributed by atoms with Gasteiger partial charge in [0.1, 0.15) is 0 Å². The van der Waals surface area contributed by atoms with Crippen molar-refractivity contribution >= 4 is 16.8 Å². The fourth-order valence-corrected chi connectivity index (χ4v) is 1.20. The molecule has 0 amide bonds. The summed E-state index contributed by atoms with van der Waals surface area (Å²) in [4.78, 5) is 5.24. The summed E-state index contributed by atoms with van der Waals surface area (Å²) in [5.41, 5.74) is 0. The third kappa shape index (κ3) is 4.39. The van der Waals surface area contributed by atoms with Crippen molar-refractivity contribution in [3.63, 3.8) is 0 Å². The van der Waals surface area contributed by atoms with E-state index in [4.69, 9.17) is 0 Å². The van der Waals surface area contributed by atoms with Crippen LogP contribution in [0, 0.1) is 0 Å². The van der Waals surface area contributed by atoms with Crippen molar-refractivity contribution in [1.82, 2.24) is 0 Å². The van der Waals surface area contributed by atoms with Crippen molar-refractivity contribution < 1.29 is 0 Å². The molecule has 0 N–H and O–H groups in total. The summed E-state index contributed by atoms with van der Waals surface area (Å²) in [5.74, 6) is 0. The van der Waals surface area contributed by atoms with E-state index in [2.05, 4.69) is 11.6 Å². The summed E-state index contributed by atoms with van der Waals surface area (Å²) in [6.45, 7) is 7.64. The first-order chi connectivity index (χ1) is 4.70. The van der Waals surface area contributed by atoms with Gasteiger partial charge < -0.3 is 0 Å². The summed E-state index contributed by atoms with van der Waals surface area (Å²) in [5, 5.41) is 1.08. The second kappa shape index (κ2) is 5.30. The minimum absolute atomic E-state index is 1.08. The smallest absolute Gasteiger partial charge is 0.0685 e. The summed E-state index contributed by atoms with van der Waals surface area (Å²) in [6, 6.07) is 0. The molecular weight excluding hydrogens is 142 g/mol. The molecule has 2 heteroatoms. The predicted octanol–water partition coefficient (Wildman–Crippen LogP) is 2.86. The molecular formula is C8H13NS. The molecule has 0 aromatic heterocycles. The average Bonchev–Trinajstić information content (AvgIpc) is 1.88. The lowest BCUT2D eigenvalue weighted by Crippen LogP contribution is -1.81. The van der Waals surface area contributed by atoms with Crippen LogP contribution >= 0.6 is 11.8 Å². The van der Waals surface area contributed by atoms with Crippen molar-refractivity contribution in [3.05, 3.63) is 23.6 Å². The Morgan fingerprint density at radius 2 is 2.10 bits per heavy atom. The Hall–Kier alpha value is -0.500. The summed E-state index contributed by atoms with van der Waals surface area (Å²) >= 11 is 1.66. The molecule has 0 atom stereocenters. The summed E-state index contributed by atoms with van der Waals surface area (Å²) in [7, 11) is 1.80. The quantitative estimate of drug-likeness (QED) is 0.339. The van der Waals surface area contributed by atoms with Crippen LogP contribution in [0.1, 0.15) is 13.8 Å². The van der Waals surface area contributed by atoms with E-state index in [0.29, 0.717) is 0 Å². The Bertz CT molecular complexity index is 168. The molecule has 0 aliphatic carbocycles. The predicted molar refractivity (Wildman–Crippen MR) is 50.6 cm³/mol. The van der Waals surface area contributed by atoms with Gasteiger partial charge in [0.25, 0.3) is 0 Å². The molecule has 0 saturated heterocycles. The van der Waals surface area contributed by atoms with Crippen molar-refractivity contribution in [2.75, 3.05) is 7.05 Å². The van der Waals surface area contributed by atoms with Gasteiger partial charge in [-0.2, -0.15) is 0 Å². The fraction of sp³-hybridized carbons (Fsp3) is 0.375. The van der Waals surface area contributed by atoms with Crippen LogP contribution in [0.5, 0.6) is 0 Å². The van der Waals surface area contributed by atoms with Crippen molar-refractivity contribution in [3.8, 4) is 0 Å². The lowest BCUT2D eigenvalue weighted by molar-refractivity contribution is 1.45. The molecule has 0 spiro atoms. The van der Waals surface area contributed by atoms with Gasteiger partial charge in [0.15, 0.2) is 0 Å². The van der Waals surface area contributed by atoms with Crippen LogP contribution in [0.25, 0.3) is 0 Å². The van der Waals surface area contributed by atoms with Crippen molar-refractivity contribution in [1.29, 1.82) is 0 Å². The first kappa shape index (κ1) is 9.50. The molecule has 10 heavy (non-hydrogen) atoms. The third-order valence-electron chi connectivity index (χ3n) is 0.976. The lowest BCUT2D eigenvalue weighted by Gasteiger charge is -1.96. The van der Waals surface area contributed by atoms with Crippen LogP contribution in [0.15, 0.2) is 28.6 Å². The molecule has 56 valence electrons. The van der Waals surface area contributed by atoms with Crippen LogP contribution < -0.4 is 0 Å². The third-order valence-corrected chi connectivity index (χ3v) is 1.91. The van der Waals surface area contributed by atoms with Gasteiger partial charge in [-0.3, -0.25) is 4.99 Å². The second-order valence-electron chi connectivity index (χ2n) is 1.86. The zero-order valence-corrected chi connectivity index (χ0v) is 7.53. The van der Waals surface area contributed by atoms with E-state index >= 15 is 0 Å². The van der Waals surface area contributed by atoms with Crippen molar-refractivity contribution in [2.45, 2.75) is 13.8 Å². The maximum atomic E-state index is 4.02.